The smallest absolute Gasteiger partial charge is 0.251 e. The van der Waals surface area contributed by atoms with Gasteiger partial charge in [0.05, 0.1) is 15.9 Å². The number of aromatic nitrogens is 3. The van der Waals surface area contributed by atoms with E-state index < -0.39 is 0 Å². The van der Waals surface area contributed by atoms with Gasteiger partial charge in [-0.3, -0.25) is 4.79 Å². The standard InChI is InChI=1S/C17H16N4OS/c22-15-5-11(16-17-13(1-2-23-17)19-9-20-16)4-14-12-3-10(6-18-7-12)8-21(14)15/h1-2,4-5,9-10,12,18H,3,6-8H2/t10-,12+/m0/s1. The fraction of sp³-hybridized carbons (Fsp3) is 0.353. The van der Waals surface area contributed by atoms with Crippen molar-refractivity contribution in [3.05, 3.63) is 46.0 Å². The molecule has 0 radical (unpaired) electrons. The summed E-state index contributed by atoms with van der Waals surface area (Å²) in [4.78, 5) is 21.4. The molecular formula is C17H16N4OS. The number of thiophene rings is 1. The van der Waals surface area contributed by atoms with E-state index in [1.54, 1.807) is 23.7 Å². The molecule has 2 atom stereocenters. The van der Waals surface area contributed by atoms with E-state index in [0.717, 1.165) is 46.8 Å². The molecular weight excluding hydrogens is 308 g/mol. The minimum Gasteiger partial charge on any atom is -0.316 e. The fourth-order valence-electron chi connectivity index (χ4n) is 3.94. The predicted molar refractivity (Wildman–Crippen MR) is 90.8 cm³/mol. The van der Waals surface area contributed by atoms with Crippen LogP contribution in [0.1, 0.15) is 18.0 Å². The molecule has 5 nitrogen and oxygen atoms in total. The van der Waals surface area contributed by atoms with Gasteiger partial charge >= 0.3 is 0 Å². The van der Waals surface area contributed by atoms with Crippen molar-refractivity contribution >= 4 is 21.6 Å². The SMILES string of the molecule is O=c1cc(-c2ncnc3ccsc23)cc2n1C[C@@H]1CNC[C@H]2C1. The van der Waals surface area contributed by atoms with E-state index in [4.69, 9.17) is 0 Å². The lowest BCUT2D eigenvalue weighted by Gasteiger charge is -2.37. The Morgan fingerprint density at radius 1 is 1.26 bits per heavy atom. The lowest BCUT2D eigenvalue weighted by atomic mass is 9.83. The Hall–Kier alpha value is -2.05. The van der Waals surface area contributed by atoms with Crippen LogP contribution < -0.4 is 10.9 Å². The van der Waals surface area contributed by atoms with Crippen LogP contribution in [-0.4, -0.2) is 27.6 Å². The van der Waals surface area contributed by atoms with Crippen molar-refractivity contribution in [3.8, 4) is 11.3 Å². The number of hydrogen-bond donors (Lipinski definition) is 1. The van der Waals surface area contributed by atoms with Crippen molar-refractivity contribution in [2.45, 2.75) is 18.9 Å². The highest BCUT2D eigenvalue weighted by Gasteiger charge is 2.31. The molecule has 2 aliphatic rings. The van der Waals surface area contributed by atoms with Gasteiger partial charge in [0.1, 0.15) is 6.33 Å². The Balaban J connectivity index is 1.72. The average molecular weight is 324 g/mol. The van der Waals surface area contributed by atoms with Crippen molar-refractivity contribution in [1.82, 2.24) is 19.9 Å². The second-order valence-electron chi connectivity index (χ2n) is 6.43. The summed E-state index contributed by atoms with van der Waals surface area (Å²) in [5, 5.41) is 5.51. The first kappa shape index (κ1) is 13.4. The molecule has 1 fully saturated rings. The monoisotopic (exact) mass is 324 g/mol. The minimum absolute atomic E-state index is 0.0948. The normalized spacial score (nSPS) is 23.0. The number of nitrogens with zero attached hydrogens (tertiary/aromatic N) is 3. The summed E-state index contributed by atoms with van der Waals surface area (Å²) in [5.41, 5.74) is 3.98. The molecule has 116 valence electrons. The van der Waals surface area contributed by atoms with Crippen LogP contribution in [0.25, 0.3) is 21.5 Å². The van der Waals surface area contributed by atoms with E-state index >= 15 is 0 Å². The molecule has 0 aromatic carbocycles. The lowest BCUT2D eigenvalue weighted by Crippen LogP contribution is -2.44. The highest BCUT2D eigenvalue weighted by atomic mass is 32.1. The Morgan fingerprint density at radius 2 is 2.22 bits per heavy atom. The van der Waals surface area contributed by atoms with Gasteiger partial charge in [-0.25, -0.2) is 9.97 Å². The first-order valence-corrected chi connectivity index (χ1v) is 8.81. The average Bonchev–Trinajstić information content (AvgIpc) is 3.04. The van der Waals surface area contributed by atoms with Crippen LogP contribution in [0.3, 0.4) is 0 Å². The summed E-state index contributed by atoms with van der Waals surface area (Å²) in [6.07, 6.45) is 2.76. The zero-order valence-electron chi connectivity index (χ0n) is 12.5. The van der Waals surface area contributed by atoms with E-state index in [9.17, 15) is 4.79 Å². The number of nitrogens with one attached hydrogen (secondary N) is 1. The Morgan fingerprint density at radius 3 is 3.17 bits per heavy atom. The van der Waals surface area contributed by atoms with Crippen molar-refractivity contribution < 1.29 is 0 Å². The zero-order valence-corrected chi connectivity index (χ0v) is 13.3. The van der Waals surface area contributed by atoms with E-state index in [1.807, 2.05) is 16.0 Å². The van der Waals surface area contributed by atoms with Gasteiger partial charge < -0.3 is 9.88 Å². The molecule has 23 heavy (non-hydrogen) atoms. The Labute approximate surface area is 137 Å². The van der Waals surface area contributed by atoms with E-state index in [0.29, 0.717) is 11.8 Å². The maximum absolute atomic E-state index is 12.7. The summed E-state index contributed by atoms with van der Waals surface area (Å²) >= 11 is 1.62. The van der Waals surface area contributed by atoms with Gasteiger partial charge in [0.15, 0.2) is 0 Å². The zero-order chi connectivity index (χ0) is 15.4. The maximum atomic E-state index is 12.7. The second kappa shape index (κ2) is 4.97. The molecule has 0 saturated carbocycles. The third-order valence-electron chi connectivity index (χ3n) is 4.98. The van der Waals surface area contributed by atoms with Gasteiger partial charge in [0, 0.05) is 36.3 Å². The van der Waals surface area contributed by atoms with Crippen LogP contribution in [0.2, 0.25) is 0 Å². The Kier molecular flexibility index (Phi) is 2.90. The molecule has 0 spiro atoms. The van der Waals surface area contributed by atoms with Crippen LogP contribution in [0, 0.1) is 5.92 Å². The fourth-order valence-corrected chi connectivity index (χ4v) is 4.79. The second-order valence-corrected chi connectivity index (χ2v) is 7.35. The molecule has 3 aromatic rings. The van der Waals surface area contributed by atoms with Crippen LogP contribution in [0.5, 0.6) is 0 Å². The van der Waals surface area contributed by atoms with Gasteiger partial charge in [-0.15, -0.1) is 11.3 Å². The molecule has 0 aliphatic carbocycles. The molecule has 2 bridgehead atoms. The van der Waals surface area contributed by atoms with Gasteiger partial charge in [0.25, 0.3) is 5.56 Å². The highest BCUT2D eigenvalue weighted by Crippen LogP contribution is 2.35. The Bertz CT molecular complexity index is 961. The maximum Gasteiger partial charge on any atom is 0.251 e. The van der Waals surface area contributed by atoms with Crippen molar-refractivity contribution in [2.75, 3.05) is 13.1 Å². The molecule has 1 saturated heterocycles. The van der Waals surface area contributed by atoms with Gasteiger partial charge in [0.2, 0.25) is 0 Å². The molecule has 1 N–H and O–H groups in total. The van der Waals surface area contributed by atoms with Crippen molar-refractivity contribution in [1.29, 1.82) is 0 Å². The van der Waals surface area contributed by atoms with E-state index in [-0.39, 0.29) is 5.56 Å². The summed E-state index contributed by atoms with van der Waals surface area (Å²) < 4.78 is 3.02. The van der Waals surface area contributed by atoms with Gasteiger partial charge in [-0.05, 0) is 36.4 Å². The largest absolute Gasteiger partial charge is 0.316 e. The topological polar surface area (TPSA) is 59.8 Å². The minimum atomic E-state index is 0.0948. The summed E-state index contributed by atoms with van der Waals surface area (Å²) in [7, 11) is 0. The van der Waals surface area contributed by atoms with Crippen LogP contribution in [0.15, 0.2) is 34.7 Å². The molecule has 5 heterocycles. The third kappa shape index (κ3) is 2.05. The molecule has 0 amide bonds. The molecule has 6 heteroatoms. The highest BCUT2D eigenvalue weighted by molar-refractivity contribution is 7.17. The van der Waals surface area contributed by atoms with E-state index in [2.05, 4.69) is 21.4 Å². The van der Waals surface area contributed by atoms with Gasteiger partial charge in [-0.2, -0.15) is 0 Å². The molecule has 3 aromatic heterocycles. The first-order chi connectivity index (χ1) is 11.3. The summed E-state index contributed by atoms with van der Waals surface area (Å²) in [5.74, 6) is 1.00. The summed E-state index contributed by atoms with van der Waals surface area (Å²) in [6, 6.07) is 5.89. The number of piperidine rings is 1. The number of rotatable bonds is 1. The van der Waals surface area contributed by atoms with Gasteiger partial charge in [-0.1, -0.05) is 0 Å². The van der Waals surface area contributed by atoms with Crippen molar-refractivity contribution in [2.24, 2.45) is 5.92 Å². The number of hydrogen-bond acceptors (Lipinski definition) is 5. The molecule has 2 aliphatic heterocycles. The first-order valence-electron chi connectivity index (χ1n) is 7.93. The van der Waals surface area contributed by atoms with E-state index in [1.165, 1.54) is 6.42 Å². The summed E-state index contributed by atoms with van der Waals surface area (Å²) in [6.45, 7) is 2.81. The number of fused-ring (bicyclic) bond motifs is 5. The van der Waals surface area contributed by atoms with Crippen LogP contribution in [-0.2, 0) is 6.54 Å². The third-order valence-corrected chi connectivity index (χ3v) is 5.89. The van der Waals surface area contributed by atoms with Crippen molar-refractivity contribution in [3.63, 3.8) is 0 Å². The van der Waals surface area contributed by atoms with Crippen LogP contribution in [0.4, 0.5) is 0 Å². The number of pyridine rings is 1. The molecule has 5 rings (SSSR count). The van der Waals surface area contributed by atoms with Crippen LogP contribution >= 0.6 is 11.3 Å². The quantitative estimate of drug-likeness (QED) is 0.746. The molecule has 0 unspecified atom stereocenters. The lowest BCUT2D eigenvalue weighted by molar-refractivity contribution is 0.257. The predicted octanol–water partition coefficient (Wildman–Crippen LogP) is 2.23.